The fourth-order valence-electron chi connectivity index (χ4n) is 1.53. The minimum Gasteiger partial charge on any atom is -0.463 e. The van der Waals surface area contributed by atoms with Gasteiger partial charge in [-0.25, -0.2) is 0 Å². The molecule has 1 atom stereocenters. The van der Waals surface area contributed by atoms with Crippen LogP contribution in [0.3, 0.4) is 0 Å². The first-order valence-electron chi connectivity index (χ1n) is 6.40. The van der Waals surface area contributed by atoms with E-state index in [1.807, 2.05) is 6.92 Å². The van der Waals surface area contributed by atoms with E-state index in [1.165, 1.54) is 19.3 Å². The van der Waals surface area contributed by atoms with Crippen LogP contribution in [0.4, 0.5) is 0 Å². The summed E-state index contributed by atoms with van der Waals surface area (Å²) >= 11 is 0. The van der Waals surface area contributed by atoms with Crippen LogP contribution in [0.15, 0.2) is 0 Å². The van der Waals surface area contributed by atoms with Crippen molar-refractivity contribution in [1.29, 1.82) is 0 Å². The maximum atomic E-state index is 11.4. The molecule has 90 valence electrons. The van der Waals surface area contributed by atoms with Crippen LogP contribution in [0, 0.1) is 0 Å². The van der Waals surface area contributed by atoms with Gasteiger partial charge in [-0.05, 0) is 19.8 Å². The molecule has 0 aromatic rings. The lowest BCUT2D eigenvalue weighted by molar-refractivity contribution is -0.148. The molecule has 0 saturated heterocycles. The Balaban J connectivity index is 3.38. The van der Waals surface area contributed by atoms with E-state index >= 15 is 0 Å². The van der Waals surface area contributed by atoms with Gasteiger partial charge in [0, 0.05) is 6.42 Å². The van der Waals surface area contributed by atoms with Crippen molar-refractivity contribution in [3.05, 3.63) is 0 Å². The number of unbranched alkanes of at least 4 members (excludes halogenated alkanes) is 4. The Morgan fingerprint density at radius 2 is 1.73 bits per heavy atom. The highest BCUT2D eigenvalue weighted by Gasteiger charge is 2.08. The SMILES string of the molecule is CCCCCCC(=O)OC(C)CCCC. The average molecular weight is 214 g/mol. The second-order valence-corrected chi connectivity index (χ2v) is 4.25. The molecule has 0 aliphatic rings. The van der Waals surface area contributed by atoms with Crippen LogP contribution in [0.5, 0.6) is 0 Å². The topological polar surface area (TPSA) is 26.3 Å². The van der Waals surface area contributed by atoms with Crippen molar-refractivity contribution in [3.63, 3.8) is 0 Å². The summed E-state index contributed by atoms with van der Waals surface area (Å²) in [6, 6.07) is 0. The smallest absolute Gasteiger partial charge is 0.306 e. The molecule has 0 aromatic carbocycles. The summed E-state index contributed by atoms with van der Waals surface area (Å²) in [7, 11) is 0. The van der Waals surface area contributed by atoms with Crippen molar-refractivity contribution in [3.8, 4) is 0 Å². The van der Waals surface area contributed by atoms with E-state index in [-0.39, 0.29) is 12.1 Å². The van der Waals surface area contributed by atoms with Crippen molar-refractivity contribution in [2.45, 2.75) is 78.2 Å². The maximum Gasteiger partial charge on any atom is 0.306 e. The third-order valence-corrected chi connectivity index (χ3v) is 2.53. The number of ether oxygens (including phenoxy) is 1. The second-order valence-electron chi connectivity index (χ2n) is 4.25. The molecule has 0 rings (SSSR count). The molecule has 2 heteroatoms. The van der Waals surface area contributed by atoms with Crippen LogP contribution in [-0.2, 0) is 9.53 Å². The summed E-state index contributed by atoms with van der Waals surface area (Å²) in [4.78, 5) is 11.4. The molecule has 0 aromatic heterocycles. The molecule has 0 aliphatic carbocycles. The van der Waals surface area contributed by atoms with Gasteiger partial charge in [0.25, 0.3) is 0 Å². The zero-order valence-corrected chi connectivity index (χ0v) is 10.6. The van der Waals surface area contributed by atoms with Gasteiger partial charge in [0.05, 0.1) is 6.10 Å². The van der Waals surface area contributed by atoms with E-state index in [9.17, 15) is 4.79 Å². The van der Waals surface area contributed by atoms with Crippen LogP contribution in [0.2, 0.25) is 0 Å². The molecule has 0 fully saturated rings. The summed E-state index contributed by atoms with van der Waals surface area (Å²) in [6.45, 7) is 6.31. The molecular weight excluding hydrogens is 188 g/mol. The fraction of sp³-hybridized carbons (Fsp3) is 0.923. The quantitative estimate of drug-likeness (QED) is 0.427. The predicted molar refractivity (Wildman–Crippen MR) is 63.8 cm³/mol. The lowest BCUT2D eigenvalue weighted by Crippen LogP contribution is -2.14. The van der Waals surface area contributed by atoms with Gasteiger partial charge in [0.2, 0.25) is 0 Å². The molecular formula is C13H26O2. The summed E-state index contributed by atoms with van der Waals surface area (Å²) in [5, 5.41) is 0. The minimum atomic E-state index is -0.0188. The van der Waals surface area contributed by atoms with Crippen LogP contribution < -0.4 is 0 Å². The lowest BCUT2D eigenvalue weighted by atomic mass is 10.1. The number of carbonyl (C=O) groups is 1. The normalized spacial score (nSPS) is 12.5. The van der Waals surface area contributed by atoms with Crippen molar-refractivity contribution in [1.82, 2.24) is 0 Å². The number of esters is 1. The Morgan fingerprint density at radius 3 is 2.33 bits per heavy atom. The van der Waals surface area contributed by atoms with E-state index in [0.29, 0.717) is 6.42 Å². The van der Waals surface area contributed by atoms with Crippen molar-refractivity contribution < 1.29 is 9.53 Å². The van der Waals surface area contributed by atoms with Gasteiger partial charge < -0.3 is 4.74 Å². The molecule has 0 saturated carbocycles. The minimum absolute atomic E-state index is 0.0188. The molecule has 2 nitrogen and oxygen atoms in total. The van der Waals surface area contributed by atoms with E-state index < -0.39 is 0 Å². The van der Waals surface area contributed by atoms with Gasteiger partial charge in [0.1, 0.15) is 0 Å². The lowest BCUT2D eigenvalue weighted by Gasteiger charge is -2.12. The Bertz CT molecular complexity index is 155. The highest BCUT2D eigenvalue weighted by Crippen LogP contribution is 2.08. The summed E-state index contributed by atoms with van der Waals surface area (Å²) < 4.78 is 5.29. The first-order valence-corrected chi connectivity index (χ1v) is 6.40. The van der Waals surface area contributed by atoms with Crippen LogP contribution in [-0.4, -0.2) is 12.1 Å². The molecule has 15 heavy (non-hydrogen) atoms. The van der Waals surface area contributed by atoms with E-state index in [0.717, 1.165) is 25.7 Å². The van der Waals surface area contributed by atoms with Gasteiger partial charge in [-0.3, -0.25) is 4.79 Å². The predicted octanol–water partition coefficient (Wildman–Crippen LogP) is 4.08. The van der Waals surface area contributed by atoms with Crippen LogP contribution >= 0.6 is 0 Å². The summed E-state index contributed by atoms with van der Waals surface area (Å²) in [5.74, 6) is -0.0188. The average Bonchev–Trinajstić information content (AvgIpc) is 2.21. The number of hydrogen-bond acceptors (Lipinski definition) is 2. The first-order chi connectivity index (χ1) is 7.20. The molecule has 0 amide bonds. The van der Waals surface area contributed by atoms with E-state index in [4.69, 9.17) is 4.74 Å². The van der Waals surface area contributed by atoms with Crippen molar-refractivity contribution in [2.24, 2.45) is 0 Å². The van der Waals surface area contributed by atoms with Crippen molar-refractivity contribution in [2.75, 3.05) is 0 Å². The Kier molecular flexibility index (Phi) is 9.65. The highest BCUT2D eigenvalue weighted by molar-refractivity contribution is 5.69. The third kappa shape index (κ3) is 9.77. The van der Waals surface area contributed by atoms with Crippen LogP contribution in [0.25, 0.3) is 0 Å². The number of carbonyl (C=O) groups excluding carboxylic acids is 1. The van der Waals surface area contributed by atoms with Gasteiger partial charge in [-0.1, -0.05) is 46.0 Å². The van der Waals surface area contributed by atoms with Gasteiger partial charge in [0.15, 0.2) is 0 Å². The van der Waals surface area contributed by atoms with Gasteiger partial charge in [-0.2, -0.15) is 0 Å². The van der Waals surface area contributed by atoms with Gasteiger partial charge >= 0.3 is 5.97 Å². The molecule has 0 radical (unpaired) electrons. The first kappa shape index (κ1) is 14.5. The fourth-order valence-corrected chi connectivity index (χ4v) is 1.53. The van der Waals surface area contributed by atoms with E-state index in [2.05, 4.69) is 13.8 Å². The number of hydrogen-bond donors (Lipinski definition) is 0. The molecule has 0 N–H and O–H groups in total. The summed E-state index contributed by atoms with van der Waals surface area (Å²) in [6.07, 6.45) is 8.56. The molecule has 0 aliphatic heterocycles. The molecule has 0 bridgehead atoms. The monoisotopic (exact) mass is 214 g/mol. The zero-order valence-electron chi connectivity index (χ0n) is 10.6. The Hall–Kier alpha value is -0.530. The standard InChI is InChI=1S/C13H26O2/c1-4-6-8-9-11-13(14)15-12(3)10-7-5-2/h12H,4-11H2,1-3H3. The van der Waals surface area contributed by atoms with Crippen LogP contribution in [0.1, 0.15) is 72.1 Å². The molecule has 0 spiro atoms. The molecule has 1 unspecified atom stereocenters. The van der Waals surface area contributed by atoms with E-state index in [1.54, 1.807) is 0 Å². The molecule has 0 heterocycles. The third-order valence-electron chi connectivity index (χ3n) is 2.53. The van der Waals surface area contributed by atoms with Gasteiger partial charge in [-0.15, -0.1) is 0 Å². The highest BCUT2D eigenvalue weighted by atomic mass is 16.5. The largest absolute Gasteiger partial charge is 0.463 e. The zero-order chi connectivity index (χ0) is 11.5. The number of rotatable bonds is 9. The van der Waals surface area contributed by atoms with Crippen molar-refractivity contribution >= 4 is 5.97 Å². The summed E-state index contributed by atoms with van der Waals surface area (Å²) in [5.41, 5.74) is 0. The Morgan fingerprint density at radius 1 is 1.07 bits per heavy atom. The Labute approximate surface area is 94.4 Å². The maximum absolute atomic E-state index is 11.4. The second kappa shape index (κ2) is 10.0.